The van der Waals surface area contributed by atoms with E-state index in [0.717, 1.165) is 10.0 Å². The highest BCUT2D eigenvalue weighted by Crippen LogP contribution is 2.19. The number of hydrogen-bond acceptors (Lipinski definition) is 2. The van der Waals surface area contributed by atoms with E-state index in [9.17, 15) is 5.11 Å². The van der Waals surface area contributed by atoms with E-state index in [2.05, 4.69) is 15.9 Å². The SMILES string of the molecule is CC(O)(CCN)Cc1cccc(Br)c1. The highest BCUT2D eigenvalue weighted by Gasteiger charge is 2.19. The Morgan fingerprint density at radius 1 is 1.50 bits per heavy atom. The molecular formula is C11H16BrNO. The van der Waals surface area contributed by atoms with Gasteiger partial charge in [0.15, 0.2) is 0 Å². The van der Waals surface area contributed by atoms with Gasteiger partial charge in [-0.3, -0.25) is 0 Å². The van der Waals surface area contributed by atoms with Crippen LogP contribution >= 0.6 is 15.9 Å². The number of rotatable bonds is 4. The van der Waals surface area contributed by atoms with Gasteiger partial charge < -0.3 is 10.8 Å². The topological polar surface area (TPSA) is 46.2 Å². The van der Waals surface area contributed by atoms with E-state index in [1.807, 2.05) is 31.2 Å². The van der Waals surface area contributed by atoms with E-state index in [4.69, 9.17) is 5.73 Å². The first-order valence-electron chi connectivity index (χ1n) is 4.70. The molecule has 14 heavy (non-hydrogen) atoms. The van der Waals surface area contributed by atoms with Crippen LogP contribution in [0.5, 0.6) is 0 Å². The predicted molar refractivity (Wildman–Crippen MR) is 62.1 cm³/mol. The standard InChI is InChI=1S/C11H16BrNO/c1-11(14,5-6-13)8-9-3-2-4-10(12)7-9/h2-4,7,14H,5-6,8,13H2,1H3. The van der Waals surface area contributed by atoms with Gasteiger partial charge in [0, 0.05) is 10.9 Å². The summed E-state index contributed by atoms with van der Waals surface area (Å²) in [6.45, 7) is 2.34. The third-order valence-electron chi connectivity index (χ3n) is 2.16. The van der Waals surface area contributed by atoms with Crippen molar-refractivity contribution < 1.29 is 5.11 Å². The van der Waals surface area contributed by atoms with Crippen molar-refractivity contribution in [2.45, 2.75) is 25.4 Å². The molecule has 0 saturated heterocycles. The van der Waals surface area contributed by atoms with E-state index in [1.165, 1.54) is 0 Å². The van der Waals surface area contributed by atoms with Crippen molar-refractivity contribution in [3.8, 4) is 0 Å². The Hall–Kier alpha value is -0.380. The Labute approximate surface area is 93.3 Å². The molecule has 2 nitrogen and oxygen atoms in total. The van der Waals surface area contributed by atoms with Gasteiger partial charge >= 0.3 is 0 Å². The van der Waals surface area contributed by atoms with Crippen LogP contribution in [0.15, 0.2) is 28.7 Å². The summed E-state index contributed by atoms with van der Waals surface area (Å²) in [7, 11) is 0. The van der Waals surface area contributed by atoms with Crippen LogP contribution in [0.1, 0.15) is 18.9 Å². The maximum absolute atomic E-state index is 9.96. The van der Waals surface area contributed by atoms with Gasteiger partial charge in [0.1, 0.15) is 0 Å². The third-order valence-corrected chi connectivity index (χ3v) is 2.65. The molecule has 0 amide bonds. The zero-order valence-electron chi connectivity index (χ0n) is 8.33. The Morgan fingerprint density at radius 3 is 2.79 bits per heavy atom. The van der Waals surface area contributed by atoms with Crippen molar-refractivity contribution in [3.05, 3.63) is 34.3 Å². The second kappa shape index (κ2) is 4.91. The molecule has 0 aliphatic heterocycles. The first-order valence-corrected chi connectivity index (χ1v) is 5.50. The highest BCUT2D eigenvalue weighted by molar-refractivity contribution is 9.10. The number of aliphatic hydroxyl groups is 1. The van der Waals surface area contributed by atoms with Crippen molar-refractivity contribution in [2.24, 2.45) is 5.73 Å². The molecule has 1 aromatic carbocycles. The van der Waals surface area contributed by atoms with Gasteiger partial charge in [-0.2, -0.15) is 0 Å². The average molecular weight is 258 g/mol. The van der Waals surface area contributed by atoms with Gasteiger partial charge in [-0.25, -0.2) is 0 Å². The van der Waals surface area contributed by atoms with Crippen molar-refractivity contribution in [1.82, 2.24) is 0 Å². The fraction of sp³-hybridized carbons (Fsp3) is 0.455. The van der Waals surface area contributed by atoms with Crippen molar-refractivity contribution in [2.75, 3.05) is 6.54 Å². The Bertz CT molecular complexity index is 299. The molecule has 0 spiro atoms. The second-order valence-electron chi connectivity index (χ2n) is 3.84. The molecule has 0 aliphatic carbocycles. The smallest absolute Gasteiger partial charge is 0.0671 e. The normalized spacial score (nSPS) is 15.1. The monoisotopic (exact) mass is 257 g/mol. The van der Waals surface area contributed by atoms with E-state index < -0.39 is 5.60 Å². The lowest BCUT2D eigenvalue weighted by Gasteiger charge is -2.22. The minimum absolute atomic E-state index is 0.515. The maximum Gasteiger partial charge on any atom is 0.0671 e. The fourth-order valence-corrected chi connectivity index (χ4v) is 1.93. The summed E-state index contributed by atoms with van der Waals surface area (Å²) in [6.07, 6.45) is 1.27. The van der Waals surface area contributed by atoms with Crippen LogP contribution in [0.3, 0.4) is 0 Å². The van der Waals surface area contributed by atoms with Gasteiger partial charge in [-0.05, 0) is 37.6 Å². The number of nitrogens with two attached hydrogens (primary N) is 1. The van der Waals surface area contributed by atoms with Crippen LogP contribution in [0, 0.1) is 0 Å². The summed E-state index contributed by atoms with van der Waals surface area (Å²) in [4.78, 5) is 0. The summed E-state index contributed by atoms with van der Waals surface area (Å²) in [5.74, 6) is 0. The molecule has 1 unspecified atom stereocenters. The van der Waals surface area contributed by atoms with Crippen molar-refractivity contribution >= 4 is 15.9 Å². The molecule has 0 aromatic heterocycles. The lowest BCUT2D eigenvalue weighted by Crippen LogP contribution is -2.30. The third kappa shape index (κ3) is 3.78. The zero-order valence-corrected chi connectivity index (χ0v) is 9.92. The first-order chi connectivity index (χ1) is 6.53. The molecule has 3 heteroatoms. The van der Waals surface area contributed by atoms with Crippen molar-refractivity contribution in [1.29, 1.82) is 0 Å². The van der Waals surface area contributed by atoms with Crippen LogP contribution in [0.2, 0.25) is 0 Å². The molecule has 0 aliphatic rings. The fourth-order valence-electron chi connectivity index (χ4n) is 1.49. The van der Waals surface area contributed by atoms with Gasteiger partial charge in [0.25, 0.3) is 0 Å². The Kier molecular flexibility index (Phi) is 4.11. The Balaban J connectivity index is 2.68. The van der Waals surface area contributed by atoms with E-state index in [1.54, 1.807) is 0 Å². The molecule has 0 bridgehead atoms. The van der Waals surface area contributed by atoms with Crippen molar-refractivity contribution in [3.63, 3.8) is 0 Å². The molecule has 0 heterocycles. The minimum atomic E-state index is -0.699. The number of halogens is 1. The minimum Gasteiger partial charge on any atom is -0.390 e. The van der Waals surface area contributed by atoms with Crippen LogP contribution in [-0.2, 0) is 6.42 Å². The van der Waals surface area contributed by atoms with E-state index in [-0.39, 0.29) is 0 Å². The van der Waals surface area contributed by atoms with Gasteiger partial charge in [0.05, 0.1) is 5.60 Å². The first kappa shape index (κ1) is 11.7. The number of hydrogen-bond donors (Lipinski definition) is 2. The van der Waals surface area contributed by atoms with Gasteiger partial charge in [-0.15, -0.1) is 0 Å². The zero-order chi connectivity index (χ0) is 10.6. The van der Waals surface area contributed by atoms with Gasteiger partial charge in [0.2, 0.25) is 0 Å². The lowest BCUT2D eigenvalue weighted by atomic mass is 9.93. The van der Waals surface area contributed by atoms with Gasteiger partial charge in [-0.1, -0.05) is 28.1 Å². The molecule has 78 valence electrons. The molecule has 0 radical (unpaired) electrons. The quantitative estimate of drug-likeness (QED) is 0.868. The maximum atomic E-state index is 9.96. The van der Waals surface area contributed by atoms with Crippen LogP contribution < -0.4 is 5.73 Å². The Morgan fingerprint density at radius 2 is 2.21 bits per heavy atom. The molecule has 0 fully saturated rings. The van der Waals surface area contributed by atoms with Crippen LogP contribution in [0.25, 0.3) is 0 Å². The molecule has 1 aromatic rings. The molecule has 3 N–H and O–H groups in total. The average Bonchev–Trinajstić information content (AvgIpc) is 2.02. The summed E-state index contributed by atoms with van der Waals surface area (Å²) >= 11 is 3.40. The molecule has 1 atom stereocenters. The van der Waals surface area contributed by atoms with E-state index in [0.29, 0.717) is 19.4 Å². The molecular weight excluding hydrogens is 242 g/mol. The number of benzene rings is 1. The van der Waals surface area contributed by atoms with E-state index >= 15 is 0 Å². The lowest BCUT2D eigenvalue weighted by molar-refractivity contribution is 0.0539. The molecule has 1 rings (SSSR count). The summed E-state index contributed by atoms with van der Waals surface area (Å²) < 4.78 is 1.04. The molecule has 0 saturated carbocycles. The largest absolute Gasteiger partial charge is 0.390 e. The predicted octanol–water partition coefficient (Wildman–Crippen LogP) is 2.09. The summed E-state index contributed by atoms with van der Waals surface area (Å²) in [5, 5.41) is 9.96. The van der Waals surface area contributed by atoms with Crippen LogP contribution in [-0.4, -0.2) is 17.3 Å². The summed E-state index contributed by atoms with van der Waals surface area (Å²) in [6, 6.07) is 7.97. The summed E-state index contributed by atoms with van der Waals surface area (Å²) in [5.41, 5.74) is 5.85. The van der Waals surface area contributed by atoms with Crippen LogP contribution in [0.4, 0.5) is 0 Å². The second-order valence-corrected chi connectivity index (χ2v) is 4.76. The highest BCUT2D eigenvalue weighted by atomic mass is 79.9.